The van der Waals surface area contributed by atoms with Gasteiger partial charge in [-0.1, -0.05) is 24.6 Å². The van der Waals surface area contributed by atoms with Gasteiger partial charge in [0.15, 0.2) is 0 Å². The van der Waals surface area contributed by atoms with Crippen molar-refractivity contribution in [1.29, 1.82) is 0 Å². The summed E-state index contributed by atoms with van der Waals surface area (Å²) in [6.45, 7) is 4.16. The molecule has 2 bridgehead atoms. The number of nitrogens with zero attached hydrogens (tertiary/aromatic N) is 2. The summed E-state index contributed by atoms with van der Waals surface area (Å²) in [4.78, 5) is 0. The summed E-state index contributed by atoms with van der Waals surface area (Å²) in [5, 5.41) is 8.33. The molecule has 114 valence electrons. The normalized spacial score (nSPS) is 24.2. The third-order valence-electron chi connectivity index (χ3n) is 4.86. The summed E-state index contributed by atoms with van der Waals surface area (Å²) in [6.07, 6.45) is 7.53. The Bertz CT molecular complexity index is 726. The van der Waals surface area contributed by atoms with Gasteiger partial charge in [0.25, 0.3) is 0 Å². The molecule has 2 atom stereocenters. The minimum Gasteiger partial charge on any atom is -0.307 e. The second kappa shape index (κ2) is 5.40. The lowest BCUT2D eigenvalue weighted by atomic mass is 9.85. The largest absolute Gasteiger partial charge is 0.307 e. The zero-order valence-corrected chi connectivity index (χ0v) is 13.3. The maximum atomic E-state index is 4.61. The van der Waals surface area contributed by atoms with E-state index in [1.54, 1.807) is 0 Å². The first-order valence-electron chi connectivity index (χ1n) is 8.30. The molecule has 3 nitrogen and oxygen atoms in total. The molecule has 1 saturated heterocycles. The van der Waals surface area contributed by atoms with E-state index in [4.69, 9.17) is 0 Å². The first-order chi connectivity index (χ1) is 10.7. The Morgan fingerprint density at radius 1 is 1.18 bits per heavy atom. The lowest BCUT2D eigenvalue weighted by Crippen LogP contribution is -2.44. The highest BCUT2D eigenvalue weighted by atomic mass is 15.3. The molecule has 3 heteroatoms. The Labute approximate surface area is 132 Å². The number of rotatable bonds is 2. The number of aromatic nitrogens is 2. The highest BCUT2D eigenvalue weighted by molar-refractivity contribution is 5.69. The van der Waals surface area contributed by atoms with E-state index in [0.29, 0.717) is 12.1 Å². The van der Waals surface area contributed by atoms with Crippen LogP contribution < -0.4 is 5.32 Å². The molecule has 0 spiro atoms. The molecule has 1 N–H and O–H groups in total. The molecule has 1 aromatic heterocycles. The first kappa shape index (κ1) is 13.8. The molecule has 0 amide bonds. The summed E-state index contributed by atoms with van der Waals surface area (Å²) in [7, 11) is 0. The summed E-state index contributed by atoms with van der Waals surface area (Å²) >= 11 is 0. The van der Waals surface area contributed by atoms with Crippen LogP contribution in [0.2, 0.25) is 0 Å². The average molecular weight is 293 g/mol. The zero-order valence-electron chi connectivity index (χ0n) is 13.3. The number of piperidine rings is 1. The Balaban J connectivity index is 1.70. The van der Waals surface area contributed by atoms with Gasteiger partial charge in [0.05, 0.1) is 11.4 Å². The van der Waals surface area contributed by atoms with E-state index < -0.39 is 0 Å². The minimum absolute atomic E-state index is 0.569. The molecule has 2 aliphatic heterocycles. The van der Waals surface area contributed by atoms with Crippen LogP contribution in [0, 0.1) is 13.8 Å². The molecule has 2 aromatic rings. The van der Waals surface area contributed by atoms with Crippen molar-refractivity contribution >= 4 is 5.57 Å². The second-order valence-electron chi connectivity index (χ2n) is 6.69. The van der Waals surface area contributed by atoms with Gasteiger partial charge >= 0.3 is 0 Å². The maximum absolute atomic E-state index is 4.61. The third-order valence-corrected chi connectivity index (χ3v) is 4.86. The van der Waals surface area contributed by atoms with Gasteiger partial charge in [-0.05, 0) is 62.4 Å². The van der Waals surface area contributed by atoms with Crippen molar-refractivity contribution in [2.75, 3.05) is 0 Å². The van der Waals surface area contributed by atoms with Gasteiger partial charge in [0.2, 0.25) is 0 Å². The predicted molar refractivity (Wildman–Crippen MR) is 90.2 cm³/mol. The predicted octanol–water partition coefficient (Wildman–Crippen LogP) is 3.79. The molecule has 22 heavy (non-hydrogen) atoms. The van der Waals surface area contributed by atoms with Crippen molar-refractivity contribution in [3.63, 3.8) is 0 Å². The van der Waals surface area contributed by atoms with E-state index in [1.165, 1.54) is 36.1 Å². The summed E-state index contributed by atoms with van der Waals surface area (Å²) < 4.78 is 2.04. The summed E-state index contributed by atoms with van der Waals surface area (Å²) in [5.74, 6) is 0. The molecular weight excluding hydrogens is 270 g/mol. The number of nitrogens with one attached hydrogen (secondary N) is 1. The summed E-state index contributed by atoms with van der Waals surface area (Å²) in [6, 6.07) is 12.2. The molecular formula is C19H23N3. The van der Waals surface area contributed by atoms with E-state index in [9.17, 15) is 0 Å². The quantitative estimate of drug-likeness (QED) is 0.913. The van der Waals surface area contributed by atoms with Crippen LogP contribution in [0.5, 0.6) is 0 Å². The fourth-order valence-corrected chi connectivity index (χ4v) is 3.86. The molecule has 4 rings (SSSR count). The molecule has 0 radical (unpaired) electrons. The zero-order chi connectivity index (χ0) is 15.1. The Morgan fingerprint density at radius 3 is 2.86 bits per heavy atom. The first-order valence-corrected chi connectivity index (χ1v) is 8.30. The molecule has 3 heterocycles. The lowest BCUT2D eigenvalue weighted by Gasteiger charge is -2.35. The van der Waals surface area contributed by atoms with E-state index in [-0.39, 0.29) is 0 Å². The van der Waals surface area contributed by atoms with Crippen molar-refractivity contribution in [3.8, 4) is 5.69 Å². The smallest absolute Gasteiger partial charge is 0.0654 e. The van der Waals surface area contributed by atoms with Crippen LogP contribution in [0.25, 0.3) is 11.3 Å². The van der Waals surface area contributed by atoms with Crippen molar-refractivity contribution in [3.05, 3.63) is 53.4 Å². The Morgan fingerprint density at radius 2 is 2.09 bits per heavy atom. The average Bonchev–Trinajstić information content (AvgIpc) is 2.86. The van der Waals surface area contributed by atoms with Gasteiger partial charge in [0, 0.05) is 17.8 Å². The van der Waals surface area contributed by atoms with Crippen LogP contribution in [0.1, 0.15) is 42.6 Å². The number of hydrogen-bond donors (Lipinski definition) is 1. The Hall–Kier alpha value is -1.87. The molecule has 2 aliphatic rings. The van der Waals surface area contributed by atoms with Crippen LogP contribution in [-0.2, 0) is 0 Å². The molecule has 1 aromatic carbocycles. The fourth-order valence-electron chi connectivity index (χ4n) is 3.86. The number of benzene rings is 1. The van der Waals surface area contributed by atoms with Gasteiger partial charge < -0.3 is 5.32 Å². The third kappa shape index (κ3) is 2.50. The van der Waals surface area contributed by atoms with Crippen molar-refractivity contribution in [1.82, 2.24) is 15.1 Å². The molecule has 0 saturated carbocycles. The monoisotopic (exact) mass is 293 g/mol. The van der Waals surface area contributed by atoms with Crippen LogP contribution >= 0.6 is 0 Å². The topological polar surface area (TPSA) is 29.9 Å². The highest BCUT2D eigenvalue weighted by Gasteiger charge is 2.25. The van der Waals surface area contributed by atoms with Gasteiger partial charge in [-0.2, -0.15) is 5.10 Å². The highest BCUT2D eigenvalue weighted by Crippen LogP contribution is 2.31. The van der Waals surface area contributed by atoms with Crippen LogP contribution in [0.4, 0.5) is 0 Å². The van der Waals surface area contributed by atoms with Gasteiger partial charge in [-0.3, -0.25) is 0 Å². The Kier molecular flexibility index (Phi) is 3.38. The van der Waals surface area contributed by atoms with Crippen molar-refractivity contribution in [2.24, 2.45) is 0 Å². The van der Waals surface area contributed by atoms with Gasteiger partial charge in [-0.25, -0.2) is 4.68 Å². The SMILES string of the molecule is Cc1cc(C)n(-c2cccc(C3=CC4CCCC(C3)N4)c2)n1. The second-order valence-corrected chi connectivity index (χ2v) is 6.69. The van der Waals surface area contributed by atoms with E-state index in [0.717, 1.165) is 17.8 Å². The van der Waals surface area contributed by atoms with Crippen LogP contribution in [-0.4, -0.2) is 21.9 Å². The minimum atomic E-state index is 0.569. The van der Waals surface area contributed by atoms with Gasteiger partial charge in [0.1, 0.15) is 0 Å². The number of aryl methyl sites for hydroxylation is 2. The van der Waals surface area contributed by atoms with Crippen molar-refractivity contribution < 1.29 is 0 Å². The fraction of sp³-hybridized carbons (Fsp3) is 0.421. The van der Waals surface area contributed by atoms with E-state index in [1.807, 2.05) is 11.6 Å². The van der Waals surface area contributed by atoms with Crippen molar-refractivity contribution in [2.45, 2.75) is 51.6 Å². The maximum Gasteiger partial charge on any atom is 0.0654 e. The van der Waals surface area contributed by atoms with Crippen LogP contribution in [0.3, 0.4) is 0 Å². The lowest BCUT2D eigenvalue weighted by molar-refractivity contribution is 0.348. The van der Waals surface area contributed by atoms with Gasteiger partial charge in [-0.15, -0.1) is 0 Å². The number of hydrogen-bond acceptors (Lipinski definition) is 2. The molecule has 1 fully saturated rings. The van der Waals surface area contributed by atoms with Crippen LogP contribution in [0.15, 0.2) is 36.4 Å². The molecule has 0 aliphatic carbocycles. The summed E-state index contributed by atoms with van der Waals surface area (Å²) in [5.41, 5.74) is 6.26. The van der Waals surface area contributed by atoms with E-state index in [2.05, 4.69) is 53.7 Å². The van der Waals surface area contributed by atoms with E-state index >= 15 is 0 Å². The molecule has 2 unspecified atom stereocenters. The standard InChI is InChI=1S/C19H23N3/c1-13-9-14(2)22(21-13)19-8-3-5-15(12-19)16-10-17-6-4-7-18(11-16)20-17/h3,5,8-10,12,17-18,20H,4,6-7,11H2,1-2H3. The number of fused-ring (bicyclic) bond motifs is 2.